The molecule has 0 unspecified atom stereocenters. The highest BCUT2D eigenvalue weighted by molar-refractivity contribution is 7.89. The van der Waals surface area contributed by atoms with Crippen LogP contribution in [-0.2, 0) is 10.0 Å². The van der Waals surface area contributed by atoms with Crippen LogP contribution in [0.15, 0.2) is 77.7 Å². The monoisotopic (exact) mass is 555 g/mol. The van der Waals surface area contributed by atoms with Gasteiger partial charge in [-0.05, 0) is 109 Å². The highest BCUT2D eigenvalue weighted by atomic mass is 32.2. The Bertz CT molecular complexity index is 1500. The fourth-order valence-corrected chi connectivity index (χ4v) is 9.48. The van der Waals surface area contributed by atoms with Gasteiger partial charge in [-0.15, -0.1) is 0 Å². The van der Waals surface area contributed by atoms with E-state index in [0.29, 0.717) is 48.1 Å². The summed E-state index contributed by atoms with van der Waals surface area (Å²) in [6.45, 7) is 1.15. The van der Waals surface area contributed by atoms with Crippen LogP contribution in [0.3, 0.4) is 0 Å². The number of nitrogens with zero attached hydrogens (tertiary/aromatic N) is 1. The number of rotatable bonds is 5. The molecule has 2 aliphatic carbocycles. The van der Waals surface area contributed by atoms with E-state index in [2.05, 4.69) is 53.1 Å². The van der Waals surface area contributed by atoms with Crippen LogP contribution >= 0.6 is 0 Å². The Morgan fingerprint density at radius 2 is 1.57 bits per heavy atom. The lowest BCUT2D eigenvalue weighted by atomic mass is 9.68. The van der Waals surface area contributed by atoms with Gasteiger partial charge in [0, 0.05) is 30.0 Å². The third-order valence-corrected chi connectivity index (χ3v) is 11.7. The van der Waals surface area contributed by atoms with E-state index in [1.165, 1.54) is 30.4 Å². The van der Waals surface area contributed by atoms with Gasteiger partial charge < -0.3 is 10.6 Å². The van der Waals surface area contributed by atoms with Crippen molar-refractivity contribution in [1.82, 2.24) is 4.31 Å². The van der Waals surface area contributed by atoms with Crippen molar-refractivity contribution in [3.05, 3.63) is 89.5 Å². The molecule has 2 aliphatic heterocycles. The minimum atomic E-state index is -3.52. The zero-order valence-corrected chi connectivity index (χ0v) is 23.6. The molecule has 2 saturated carbocycles. The highest BCUT2D eigenvalue weighted by Crippen LogP contribution is 2.63. The van der Waals surface area contributed by atoms with Crippen LogP contribution in [0.2, 0.25) is 0 Å². The number of amides is 1. The first-order chi connectivity index (χ1) is 19.5. The number of nitrogens with one attached hydrogen (secondary N) is 2. The zero-order chi connectivity index (χ0) is 27.3. The van der Waals surface area contributed by atoms with E-state index >= 15 is 0 Å². The summed E-state index contributed by atoms with van der Waals surface area (Å²) in [5, 5.41) is 6.84. The van der Waals surface area contributed by atoms with E-state index in [9.17, 15) is 13.2 Å². The molecule has 4 aliphatic rings. The molecule has 2 heterocycles. The second-order valence-corrected chi connectivity index (χ2v) is 14.0. The van der Waals surface area contributed by atoms with E-state index in [1.807, 2.05) is 6.07 Å². The normalized spacial score (nSPS) is 27.8. The Kier molecular flexibility index (Phi) is 6.67. The molecule has 3 aromatic carbocycles. The molecule has 2 N–H and O–H groups in total. The van der Waals surface area contributed by atoms with E-state index in [1.54, 1.807) is 28.6 Å². The van der Waals surface area contributed by atoms with Crippen molar-refractivity contribution in [2.45, 2.75) is 61.8 Å². The van der Waals surface area contributed by atoms with Crippen molar-refractivity contribution in [2.24, 2.45) is 17.8 Å². The molecule has 2 bridgehead atoms. The summed E-state index contributed by atoms with van der Waals surface area (Å²) in [6.07, 6.45) is 7.81. The van der Waals surface area contributed by atoms with Crippen LogP contribution in [0, 0.1) is 17.8 Å². The van der Waals surface area contributed by atoms with Gasteiger partial charge in [0.15, 0.2) is 0 Å². The molecule has 6 nitrogen and oxygen atoms in total. The number of anilines is 2. The number of benzene rings is 3. The molecule has 7 rings (SSSR count). The summed E-state index contributed by atoms with van der Waals surface area (Å²) in [6, 6.07) is 23.8. The first kappa shape index (κ1) is 25.8. The fraction of sp³-hybridized carbons (Fsp3) is 0.424. The minimum absolute atomic E-state index is 0.171. The highest BCUT2D eigenvalue weighted by Gasteiger charge is 2.53. The summed E-state index contributed by atoms with van der Waals surface area (Å²) >= 11 is 0. The average Bonchev–Trinajstić information content (AvgIpc) is 3.50. The summed E-state index contributed by atoms with van der Waals surface area (Å²) in [5.41, 5.74) is 5.00. The molecular formula is C33H37N3O3S. The second-order valence-electron chi connectivity index (χ2n) is 12.1. The standard InChI is InChI=1S/C33H37N3O3S/c37-33(34-26-13-15-27(16-14-26)40(38,39)36-18-6-1-2-7-19-36)25-12-17-29-28(21-25)30-23-10-11-24(20-23)31(30)32(35-29)22-8-4-3-5-9-22/h3-5,8-9,12-17,21,23-24,30-32,35H,1-2,6-7,10-11,18-20H2,(H,34,37)/t23-,24-,30-,31-,32+/m0/s1. The number of sulfonamides is 1. The van der Waals surface area contributed by atoms with Crippen molar-refractivity contribution < 1.29 is 13.2 Å². The Hall–Kier alpha value is -3.16. The predicted molar refractivity (Wildman–Crippen MR) is 158 cm³/mol. The molecule has 1 amide bonds. The van der Waals surface area contributed by atoms with Crippen LogP contribution in [-0.4, -0.2) is 31.7 Å². The van der Waals surface area contributed by atoms with Gasteiger partial charge in [-0.2, -0.15) is 4.31 Å². The largest absolute Gasteiger partial charge is 0.378 e. The predicted octanol–water partition coefficient (Wildman–Crippen LogP) is 6.80. The van der Waals surface area contributed by atoms with Gasteiger partial charge in [0.1, 0.15) is 0 Å². The molecular weight excluding hydrogens is 518 g/mol. The first-order valence-electron chi connectivity index (χ1n) is 14.9. The van der Waals surface area contributed by atoms with Crippen LogP contribution in [0.4, 0.5) is 11.4 Å². The van der Waals surface area contributed by atoms with E-state index in [4.69, 9.17) is 0 Å². The van der Waals surface area contributed by atoms with Gasteiger partial charge >= 0.3 is 0 Å². The van der Waals surface area contributed by atoms with Crippen molar-refractivity contribution in [2.75, 3.05) is 23.7 Å². The maximum atomic E-state index is 13.3. The lowest BCUT2D eigenvalue weighted by Gasteiger charge is -2.43. The first-order valence-corrected chi connectivity index (χ1v) is 16.3. The Balaban J connectivity index is 1.11. The molecule has 208 valence electrons. The maximum absolute atomic E-state index is 13.3. The lowest BCUT2D eigenvalue weighted by molar-refractivity contribution is 0.102. The smallest absolute Gasteiger partial charge is 0.255 e. The van der Waals surface area contributed by atoms with Crippen LogP contribution in [0.25, 0.3) is 0 Å². The van der Waals surface area contributed by atoms with Gasteiger partial charge in [0.05, 0.1) is 10.9 Å². The SMILES string of the molecule is O=C(Nc1ccc(S(=O)(=O)N2CCCCCC2)cc1)c1ccc2c(c1)[C@@H]1[C@H]3CC[C@@H](C3)[C@@H]1[C@@H](c1ccccc1)N2. The lowest BCUT2D eigenvalue weighted by Crippen LogP contribution is -2.35. The van der Waals surface area contributed by atoms with Crippen molar-refractivity contribution >= 4 is 27.3 Å². The fourth-order valence-electron chi connectivity index (χ4n) is 7.96. The van der Waals surface area contributed by atoms with E-state index in [-0.39, 0.29) is 10.8 Å². The second kappa shape index (κ2) is 10.3. The summed E-state index contributed by atoms with van der Waals surface area (Å²) < 4.78 is 27.8. The van der Waals surface area contributed by atoms with Gasteiger partial charge in [0.2, 0.25) is 10.0 Å². The molecule has 0 spiro atoms. The third kappa shape index (κ3) is 4.53. The molecule has 3 aromatic rings. The van der Waals surface area contributed by atoms with Gasteiger partial charge in [-0.25, -0.2) is 8.42 Å². The minimum Gasteiger partial charge on any atom is -0.378 e. The van der Waals surface area contributed by atoms with Gasteiger partial charge in [0.25, 0.3) is 5.91 Å². The number of carbonyl (C=O) groups is 1. The maximum Gasteiger partial charge on any atom is 0.255 e. The Morgan fingerprint density at radius 1 is 0.850 bits per heavy atom. The topological polar surface area (TPSA) is 78.5 Å². The summed E-state index contributed by atoms with van der Waals surface area (Å²) in [5.74, 6) is 2.25. The molecule has 5 atom stereocenters. The molecule has 0 radical (unpaired) electrons. The van der Waals surface area contributed by atoms with Crippen molar-refractivity contribution in [3.8, 4) is 0 Å². The van der Waals surface area contributed by atoms with Crippen LogP contribution in [0.5, 0.6) is 0 Å². The molecule has 3 fully saturated rings. The average molecular weight is 556 g/mol. The Labute approximate surface area is 237 Å². The van der Waals surface area contributed by atoms with E-state index in [0.717, 1.165) is 37.3 Å². The van der Waals surface area contributed by atoms with E-state index < -0.39 is 10.0 Å². The van der Waals surface area contributed by atoms with Crippen molar-refractivity contribution in [1.29, 1.82) is 0 Å². The Morgan fingerprint density at radius 3 is 2.33 bits per heavy atom. The number of hydrogen-bond acceptors (Lipinski definition) is 4. The van der Waals surface area contributed by atoms with Crippen LogP contribution in [0.1, 0.15) is 78.4 Å². The zero-order valence-electron chi connectivity index (χ0n) is 22.8. The number of hydrogen-bond donors (Lipinski definition) is 2. The van der Waals surface area contributed by atoms with Crippen LogP contribution < -0.4 is 10.6 Å². The van der Waals surface area contributed by atoms with Gasteiger partial charge in [-0.1, -0.05) is 43.2 Å². The number of fused-ring (bicyclic) bond motifs is 7. The molecule has 7 heteroatoms. The quantitative estimate of drug-likeness (QED) is 0.363. The number of carbonyl (C=O) groups excluding carboxylic acids is 1. The van der Waals surface area contributed by atoms with Gasteiger partial charge in [-0.3, -0.25) is 4.79 Å². The summed E-state index contributed by atoms with van der Waals surface area (Å²) in [4.78, 5) is 13.6. The third-order valence-electron chi connectivity index (χ3n) is 9.82. The molecule has 0 aromatic heterocycles. The molecule has 40 heavy (non-hydrogen) atoms. The molecule has 1 saturated heterocycles. The van der Waals surface area contributed by atoms with Crippen molar-refractivity contribution in [3.63, 3.8) is 0 Å². The summed E-state index contributed by atoms with van der Waals surface area (Å²) in [7, 11) is -3.52.